The number of ether oxygens (including phenoxy) is 1. The van der Waals surface area contributed by atoms with Gasteiger partial charge in [0.05, 0.1) is 0 Å². The molecule has 1 aliphatic heterocycles. The van der Waals surface area contributed by atoms with Gasteiger partial charge in [-0.3, -0.25) is 9.59 Å². The molecule has 1 saturated heterocycles. The second-order valence-electron chi connectivity index (χ2n) is 6.89. The zero-order valence-corrected chi connectivity index (χ0v) is 16.0. The third kappa shape index (κ3) is 5.09. The van der Waals surface area contributed by atoms with Crippen LogP contribution in [-0.2, 0) is 11.2 Å². The fourth-order valence-corrected chi connectivity index (χ4v) is 3.31. The van der Waals surface area contributed by atoms with Crippen LogP contribution in [0.3, 0.4) is 0 Å². The molecule has 0 radical (unpaired) electrons. The van der Waals surface area contributed by atoms with E-state index in [0.717, 1.165) is 17.7 Å². The number of para-hydroxylation sites is 1. The van der Waals surface area contributed by atoms with Gasteiger partial charge in [0.25, 0.3) is 11.8 Å². The summed E-state index contributed by atoms with van der Waals surface area (Å²) in [6.45, 7) is 3.22. The first-order valence-corrected chi connectivity index (χ1v) is 9.61. The number of hydrogen-bond donors (Lipinski definition) is 1. The molecule has 0 aromatic heterocycles. The van der Waals surface area contributed by atoms with Crippen LogP contribution in [0.4, 0.5) is 4.39 Å². The Morgan fingerprint density at radius 3 is 2.46 bits per heavy atom. The summed E-state index contributed by atoms with van der Waals surface area (Å²) < 4.78 is 18.7. The number of benzene rings is 2. The Bertz CT molecular complexity index is 815. The number of carbonyl (C=O) groups is 2. The molecule has 0 atom stereocenters. The molecular formula is C22H25FN2O3. The van der Waals surface area contributed by atoms with Crippen LogP contribution < -0.4 is 10.1 Å². The molecule has 0 bridgehead atoms. The molecule has 0 unspecified atom stereocenters. The van der Waals surface area contributed by atoms with Crippen molar-refractivity contribution in [2.75, 3.05) is 19.7 Å². The summed E-state index contributed by atoms with van der Waals surface area (Å²) in [5.41, 5.74) is 1.51. The Labute approximate surface area is 164 Å². The van der Waals surface area contributed by atoms with Crippen LogP contribution in [0.5, 0.6) is 5.75 Å². The maximum atomic E-state index is 13.0. The predicted molar refractivity (Wildman–Crippen MR) is 105 cm³/mol. The Hall–Kier alpha value is -2.89. The highest BCUT2D eigenvalue weighted by Gasteiger charge is 2.24. The maximum Gasteiger partial charge on any atom is 0.260 e. The third-order valence-electron chi connectivity index (χ3n) is 4.99. The van der Waals surface area contributed by atoms with Gasteiger partial charge in [-0.25, -0.2) is 4.39 Å². The summed E-state index contributed by atoms with van der Waals surface area (Å²) in [7, 11) is 0. The summed E-state index contributed by atoms with van der Waals surface area (Å²) in [4.78, 5) is 26.4. The number of likely N-dealkylation sites (tertiary alicyclic amines) is 1. The van der Waals surface area contributed by atoms with Crippen molar-refractivity contribution in [1.29, 1.82) is 0 Å². The quantitative estimate of drug-likeness (QED) is 0.832. The van der Waals surface area contributed by atoms with Gasteiger partial charge < -0.3 is 15.0 Å². The van der Waals surface area contributed by atoms with E-state index in [1.165, 1.54) is 24.3 Å². The first-order chi connectivity index (χ1) is 13.6. The zero-order chi connectivity index (χ0) is 19.9. The molecule has 148 valence electrons. The van der Waals surface area contributed by atoms with Gasteiger partial charge in [-0.1, -0.05) is 25.1 Å². The van der Waals surface area contributed by atoms with E-state index >= 15 is 0 Å². The second-order valence-corrected chi connectivity index (χ2v) is 6.89. The van der Waals surface area contributed by atoms with Gasteiger partial charge in [0, 0.05) is 24.7 Å². The lowest BCUT2D eigenvalue weighted by Crippen LogP contribution is -2.47. The first kappa shape index (κ1) is 19.9. The predicted octanol–water partition coefficient (Wildman–Crippen LogP) is 3.19. The molecule has 1 N–H and O–H groups in total. The molecule has 3 rings (SSSR count). The highest BCUT2D eigenvalue weighted by Crippen LogP contribution is 2.19. The fourth-order valence-electron chi connectivity index (χ4n) is 3.31. The number of carbonyl (C=O) groups excluding carboxylic acids is 2. The van der Waals surface area contributed by atoms with Crippen LogP contribution in [0.2, 0.25) is 0 Å². The first-order valence-electron chi connectivity index (χ1n) is 9.61. The number of rotatable bonds is 6. The molecule has 1 fully saturated rings. The van der Waals surface area contributed by atoms with Crippen molar-refractivity contribution >= 4 is 11.8 Å². The highest BCUT2D eigenvalue weighted by atomic mass is 19.1. The van der Waals surface area contributed by atoms with Crippen molar-refractivity contribution in [3.63, 3.8) is 0 Å². The Balaban J connectivity index is 1.45. The van der Waals surface area contributed by atoms with Gasteiger partial charge in [-0.2, -0.15) is 0 Å². The van der Waals surface area contributed by atoms with Gasteiger partial charge >= 0.3 is 0 Å². The summed E-state index contributed by atoms with van der Waals surface area (Å²) >= 11 is 0. The number of aryl methyl sites for hydroxylation is 1. The monoisotopic (exact) mass is 384 g/mol. The van der Waals surface area contributed by atoms with E-state index < -0.39 is 0 Å². The number of piperidine rings is 1. The van der Waals surface area contributed by atoms with Crippen molar-refractivity contribution in [2.45, 2.75) is 32.2 Å². The standard InChI is InChI=1S/C22H25FN2O3/c1-2-16-5-3-4-6-20(16)28-15-21(26)25-13-11-19(12-14-25)24-22(27)17-7-9-18(23)10-8-17/h3-10,19H,2,11-15H2,1H3,(H,24,27). The van der Waals surface area contributed by atoms with Crippen molar-refractivity contribution in [2.24, 2.45) is 0 Å². The molecule has 6 heteroatoms. The molecule has 5 nitrogen and oxygen atoms in total. The van der Waals surface area contributed by atoms with Crippen LogP contribution in [0.1, 0.15) is 35.7 Å². The lowest BCUT2D eigenvalue weighted by Gasteiger charge is -2.32. The summed E-state index contributed by atoms with van der Waals surface area (Å²) in [6, 6.07) is 13.2. The van der Waals surface area contributed by atoms with E-state index in [9.17, 15) is 14.0 Å². The zero-order valence-electron chi connectivity index (χ0n) is 16.0. The number of halogens is 1. The smallest absolute Gasteiger partial charge is 0.260 e. The minimum Gasteiger partial charge on any atom is -0.483 e. The molecule has 2 aromatic carbocycles. The lowest BCUT2D eigenvalue weighted by atomic mass is 10.0. The minimum atomic E-state index is -0.368. The average molecular weight is 384 g/mol. The molecule has 2 amide bonds. The van der Waals surface area contributed by atoms with Crippen LogP contribution in [0.15, 0.2) is 48.5 Å². The van der Waals surface area contributed by atoms with Crippen molar-refractivity contribution in [3.8, 4) is 5.75 Å². The van der Waals surface area contributed by atoms with Crippen molar-refractivity contribution in [3.05, 3.63) is 65.5 Å². The van der Waals surface area contributed by atoms with E-state index in [4.69, 9.17) is 4.74 Å². The SMILES string of the molecule is CCc1ccccc1OCC(=O)N1CCC(NC(=O)c2ccc(F)cc2)CC1. The highest BCUT2D eigenvalue weighted by molar-refractivity contribution is 5.94. The molecule has 0 spiro atoms. The van der Waals surface area contributed by atoms with Gasteiger partial charge in [0.15, 0.2) is 6.61 Å². The van der Waals surface area contributed by atoms with Crippen LogP contribution >= 0.6 is 0 Å². The van der Waals surface area contributed by atoms with Crippen LogP contribution in [0.25, 0.3) is 0 Å². The molecule has 0 aliphatic carbocycles. The van der Waals surface area contributed by atoms with E-state index in [1.54, 1.807) is 4.90 Å². The minimum absolute atomic E-state index is 0.00309. The second kappa shape index (κ2) is 9.35. The summed E-state index contributed by atoms with van der Waals surface area (Å²) in [5.74, 6) is 0.116. The fraction of sp³-hybridized carbons (Fsp3) is 0.364. The van der Waals surface area contributed by atoms with Crippen molar-refractivity contribution < 1.29 is 18.7 Å². The number of nitrogens with zero attached hydrogens (tertiary/aromatic N) is 1. The van der Waals surface area contributed by atoms with Gasteiger partial charge in [0.2, 0.25) is 0 Å². The Morgan fingerprint density at radius 2 is 1.79 bits per heavy atom. The molecule has 2 aromatic rings. The van der Waals surface area contributed by atoms with Crippen molar-refractivity contribution in [1.82, 2.24) is 10.2 Å². The van der Waals surface area contributed by atoms with Crippen LogP contribution in [-0.4, -0.2) is 42.5 Å². The van der Waals surface area contributed by atoms with Crippen LogP contribution in [0, 0.1) is 5.82 Å². The average Bonchev–Trinajstić information content (AvgIpc) is 2.73. The van der Waals surface area contributed by atoms with Gasteiger partial charge in [0.1, 0.15) is 11.6 Å². The Kier molecular flexibility index (Phi) is 6.63. The largest absolute Gasteiger partial charge is 0.483 e. The van der Waals surface area contributed by atoms with Gasteiger partial charge in [-0.05, 0) is 55.2 Å². The number of nitrogens with one attached hydrogen (secondary N) is 1. The number of amides is 2. The number of hydrogen-bond acceptors (Lipinski definition) is 3. The Morgan fingerprint density at radius 1 is 1.11 bits per heavy atom. The van der Waals surface area contributed by atoms with Gasteiger partial charge in [-0.15, -0.1) is 0 Å². The van der Waals surface area contributed by atoms with E-state index in [2.05, 4.69) is 12.2 Å². The summed E-state index contributed by atoms with van der Waals surface area (Å²) in [5, 5.41) is 2.96. The molecule has 0 saturated carbocycles. The molecule has 1 heterocycles. The third-order valence-corrected chi connectivity index (χ3v) is 4.99. The molecule has 1 aliphatic rings. The summed E-state index contributed by atoms with van der Waals surface area (Å²) in [6.07, 6.45) is 2.22. The maximum absolute atomic E-state index is 13.0. The lowest BCUT2D eigenvalue weighted by molar-refractivity contribution is -0.134. The molecule has 28 heavy (non-hydrogen) atoms. The van der Waals surface area contributed by atoms with E-state index in [-0.39, 0.29) is 30.3 Å². The molecular weight excluding hydrogens is 359 g/mol. The topological polar surface area (TPSA) is 58.6 Å². The van der Waals surface area contributed by atoms with E-state index in [0.29, 0.717) is 31.5 Å². The van der Waals surface area contributed by atoms with E-state index in [1.807, 2.05) is 24.3 Å². The normalized spacial score (nSPS) is 14.6.